The molecule has 1 aromatic carbocycles. The molecule has 1 aliphatic heterocycles. The van der Waals surface area contributed by atoms with E-state index in [4.69, 9.17) is 0 Å². The minimum Gasteiger partial charge on any atom is -0.352 e. The molecule has 0 atom stereocenters. The Kier molecular flexibility index (Phi) is 6.37. The molecule has 6 nitrogen and oxygen atoms in total. The Morgan fingerprint density at radius 2 is 1.88 bits per heavy atom. The fourth-order valence-corrected chi connectivity index (χ4v) is 4.02. The van der Waals surface area contributed by atoms with Gasteiger partial charge in [-0.1, -0.05) is 19.9 Å². The normalized spacial score (nSPS) is 17.2. The molecular weight excluding hydrogens is 326 g/mol. The van der Waals surface area contributed by atoms with E-state index in [0.717, 1.165) is 6.42 Å². The Morgan fingerprint density at radius 1 is 1.21 bits per heavy atom. The van der Waals surface area contributed by atoms with Gasteiger partial charge >= 0.3 is 0 Å². The maximum Gasteiger partial charge on any atom is 0.251 e. The summed E-state index contributed by atoms with van der Waals surface area (Å²) in [6, 6.07) is 6.30. The first-order chi connectivity index (χ1) is 11.3. The van der Waals surface area contributed by atoms with E-state index in [1.54, 1.807) is 18.2 Å². The molecule has 1 amide bonds. The average molecular weight is 353 g/mol. The second-order valence-corrected chi connectivity index (χ2v) is 8.61. The maximum atomic E-state index is 12.7. The number of amides is 1. The number of hydrogen-bond donors (Lipinski definition) is 1. The van der Waals surface area contributed by atoms with Crippen molar-refractivity contribution in [2.24, 2.45) is 5.92 Å². The van der Waals surface area contributed by atoms with Gasteiger partial charge in [-0.3, -0.25) is 4.79 Å². The van der Waals surface area contributed by atoms with Crippen LogP contribution in [0.15, 0.2) is 29.2 Å². The zero-order valence-corrected chi connectivity index (χ0v) is 15.5. The van der Waals surface area contributed by atoms with Crippen molar-refractivity contribution in [3.8, 4) is 0 Å². The highest BCUT2D eigenvalue weighted by atomic mass is 32.2. The Balaban J connectivity index is 2.10. The van der Waals surface area contributed by atoms with Gasteiger partial charge in [-0.15, -0.1) is 0 Å². The number of rotatable bonds is 6. The van der Waals surface area contributed by atoms with E-state index in [1.165, 1.54) is 10.4 Å². The van der Waals surface area contributed by atoms with Gasteiger partial charge in [0.2, 0.25) is 10.0 Å². The third kappa shape index (κ3) is 4.78. The van der Waals surface area contributed by atoms with Crippen LogP contribution in [0.4, 0.5) is 0 Å². The fraction of sp³-hybridized carbons (Fsp3) is 0.588. The molecular formula is C17H27N3O3S. The number of benzene rings is 1. The topological polar surface area (TPSA) is 69.7 Å². The molecule has 0 bridgehead atoms. The molecule has 1 N–H and O–H groups in total. The molecule has 0 saturated carbocycles. The van der Waals surface area contributed by atoms with Gasteiger partial charge in [-0.2, -0.15) is 4.31 Å². The molecule has 0 radical (unpaired) electrons. The van der Waals surface area contributed by atoms with Crippen molar-refractivity contribution in [1.29, 1.82) is 0 Å². The number of nitrogens with zero attached hydrogens (tertiary/aromatic N) is 2. The van der Waals surface area contributed by atoms with E-state index < -0.39 is 10.0 Å². The van der Waals surface area contributed by atoms with Crippen LogP contribution in [-0.2, 0) is 10.0 Å². The minimum absolute atomic E-state index is 0.184. The molecule has 1 heterocycles. The summed E-state index contributed by atoms with van der Waals surface area (Å²) in [4.78, 5) is 14.5. The predicted octanol–water partition coefficient (Wildman–Crippen LogP) is 1.40. The predicted molar refractivity (Wildman–Crippen MR) is 94.5 cm³/mol. The van der Waals surface area contributed by atoms with Gasteiger partial charge in [-0.05, 0) is 37.6 Å². The van der Waals surface area contributed by atoms with Gasteiger partial charge in [-0.25, -0.2) is 8.42 Å². The number of nitrogens with one attached hydrogen (secondary N) is 1. The third-order valence-electron chi connectivity index (χ3n) is 4.20. The van der Waals surface area contributed by atoms with Crippen molar-refractivity contribution in [2.75, 3.05) is 39.8 Å². The summed E-state index contributed by atoms with van der Waals surface area (Å²) in [7, 11) is -1.57. The lowest BCUT2D eigenvalue weighted by atomic mass is 10.1. The van der Waals surface area contributed by atoms with E-state index >= 15 is 0 Å². The van der Waals surface area contributed by atoms with Crippen molar-refractivity contribution in [3.05, 3.63) is 29.8 Å². The summed E-state index contributed by atoms with van der Waals surface area (Å²) >= 11 is 0. The summed E-state index contributed by atoms with van der Waals surface area (Å²) in [5.74, 6) is 0.278. The van der Waals surface area contributed by atoms with Crippen molar-refractivity contribution in [1.82, 2.24) is 14.5 Å². The van der Waals surface area contributed by atoms with Crippen molar-refractivity contribution < 1.29 is 13.2 Å². The standard InChI is InChI=1S/C17H27N3O3S/c1-14(2)7-8-18-17(21)15-5-4-6-16(13-15)24(22,23)20-11-9-19(3)10-12-20/h4-6,13-14H,7-12H2,1-3H3,(H,18,21). The number of carbonyl (C=O) groups excluding carboxylic acids is 1. The molecule has 0 aliphatic carbocycles. The van der Waals surface area contributed by atoms with Crippen LogP contribution in [0.25, 0.3) is 0 Å². The van der Waals surface area contributed by atoms with Crippen LogP contribution in [0.3, 0.4) is 0 Å². The van der Waals surface area contributed by atoms with Crippen molar-refractivity contribution in [2.45, 2.75) is 25.2 Å². The molecule has 134 valence electrons. The summed E-state index contributed by atoms with van der Waals surface area (Å²) in [5, 5.41) is 2.84. The smallest absolute Gasteiger partial charge is 0.251 e. The summed E-state index contributed by atoms with van der Waals surface area (Å²) < 4.78 is 27.0. The zero-order valence-electron chi connectivity index (χ0n) is 14.7. The average Bonchev–Trinajstić information content (AvgIpc) is 2.55. The Hall–Kier alpha value is -1.44. The van der Waals surface area contributed by atoms with Gasteiger partial charge < -0.3 is 10.2 Å². The van der Waals surface area contributed by atoms with Gasteiger partial charge in [0.1, 0.15) is 0 Å². The highest BCUT2D eigenvalue weighted by Gasteiger charge is 2.27. The number of hydrogen-bond acceptors (Lipinski definition) is 4. The lowest BCUT2D eigenvalue weighted by molar-refractivity contribution is 0.0952. The lowest BCUT2D eigenvalue weighted by Gasteiger charge is -2.31. The molecule has 0 aromatic heterocycles. The maximum absolute atomic E-state index is 12.7. The first-order valence-corrected chi connectivity index (χ1v) is 9.81. The van der Waals surface area contributed by atoms with Gasteiger partial charge in [0.25, 0.3) is 5.91 Å². The van der Waals surface area contributed by atoms with Crippen LogP contribution >= 0.6 is 0 Å². The second-order valence-electron chi connectivity index (χ2n) is 6.67. The number of likely N-dealkylation sites (N-methyl/N-ethyl adjacent to an activating group) is 1. The first kappa shape index (κ1) is 18.9. The fourth-order valence-electron chi connectivity index (χ4n) is 2.55. The first-order valence-electron chi connectivity index (χ1n) is 8.37. The monoisotopic (exact) mass is 353 g/mol. The van der Waals surface area contributed by atoms with Crippen LogP contribution < -0.4 is 5.32 Å². The zero-order chi connectivity index (χ0) is 17.7. The lowest BCUT2D eigenvalue weighted by Crippen LogP contribution is -2.47. The van der Waals surface area contributed by atoms with Crippen LogP contribution in [0.5, 0.6) is 0 Å². The number of carbonyl (C=O) groups is 1. The molecule has 1 aromatic rings. The van der Waals surface area contributed by atoms with Gasteiger partial charge in [0, 0.05) is 38.3 Å². The Bertz CT molecular complexity index is 665. The molecule has 7 heteroatoms. The molecule has 0 spiro atoms. The molecule has 1 aliphatic rings. The second kappa shape index (κ2) is 8.09. The quantitative estimate of drug-likeness (QED) is 0.839. The summed E-state index contributed by atoms with van der Waals surface area (Å²) in [5.41, 5.74) is 0.383. The number of piperazine rings is 1. The molecule has 1 saturated heterocycles. The summed E-state index contributed by atoms with van der Waals surface area (Å²) in [6.45, 7) is 7.16. The Morgan fingerprint density at radius 3 is 2.50 bits per heavy atom. The van der Waals surface area contributed by atoms with Crippen molar-refractivity contribution in [3.63, 3.8) is 0 Å². The van der Waals surface area contributed by atoms with Crippen LogP contribution in [0.2, 0.25) is 0 Å². The Labute approximate surface area is 144 Å². The third-order valence-corrected chi connectivity index (χ3v) is 6.10. The van der Waals surface area contributed by atoms with E-state index in [9.17, 15) is 13.2 Å². The van der Waals surface area contributed by atoms with Crippen LogP contribution in [0, 0.1) is 5.92 Å². The van der Waals surface area contributed by atoms with Gasteiger partial charge in [0.05, 0.1) is 4.90 Å². The van der Waals surface area contributed by atoms with E-state index in [-0.39, 0.29) is 10.8 Å². The molecule has 0 unspecified atom stereocenters. The van der Waals surface area contributed by atoms with E-state index in [2.05, 4.69) is 24.1 Å². The minimum atomic E-state index is -3.55. The largest absolute Gasteiger partial charge is 0.352 e. The van der Waals surface area contributed by atoms with Gasteiger partial charge in [0.15, 0.2) is 0 Å². The highest BCUT2D eigenvalue weighted by Crippen LogP contribution is 2.18. The van der Waals surface area contributed by atoms with Crippen LogP contribution in [-0.4, -0.2) is 63.3 Å². The van der Waals surface area contributed by atoms with Crippen molar-refractivity contribution >= 4 is 15.9 Å². The SMILES string of the molecule is CC(C)CCNC(=O)c1cccc(S(=O)(=O)N2CCN(C)CC2)c1. The van der Waals surface area contributed by atoms with E-state index in [0.29, 0.717) is 44.2 Å². The number of sulfonamides is 1. The molecule has 2 rings (SSSR count). The summed E-state index contributed by atoms with van der Waals surface area (Å²) in [6.07, 6.45) is 0.894. The molecule has 1 fully saturated rings. The van der Waals surface area contributed by atoms with E-state index in [1.807, 2.05) is 7.05 Å². The highest BCUT2D eigenvalue weighted by molar-refractivity contribution is 7.89. The van der Waals surface area contributed by atoms with Crippen LogP contribution in [0.1, 0.15) is 30.6 Å². The molecule has 24 heavy (non-hydrogen) atoms.